The number of aromatic nitrogens is 1. The molecule has 0 aliphatic rings. The predicted octanol–water partition coefficient (Wildman–Crippen LogP) is 6.48. The molecule has 2 aromatic carbocycles. The van der Waals surface area contributed by atoms with Gasteiger partial charge in [-0.2, -0.15) is 0 Å². The molecular weight excluding hydrogens is 523 g/mol. The van der Waals surface area contributed by atoms with Gasteiger partial charge in [-0.1, -0.05) is 80.8 Å². The van der Waals surface area contributed by atoms with Gasteiger partial charge < -0.3 is 20.1 Å². The lowest BCUT2D eigenvalue weighted by Crippen LogP contribution is -2.16. The third kappa shape index (κ3) is 8.05. The topological polar surface area (TPSA) is 115 Å². The van der Waals surface area contributed by atoms with Gasteiger partial charge in [-0.15, -0.1) is 0 Å². The number of carbonyl (C=O) groups is 1. The molecule has 0 aliphatic carbocycles. The molecule has 0 fully saturated rings. The summed E-state index contributed by atoms with van der Waals surface area (Å²) in [5, 5.41) is 0.610. The maximum Gasteiger partial charge on any atom is 0.469 e. The lowest BCUT2D eigenvalue weighted by Gasteiger charge is -2.18. The van der Waals surface area contributed by atoms with E-state index in [9.17, 15) is 9.36 Å². The van der Waals surface area contributed by atoms with Crippen LogP contribution in [0.3, 0.4) is 0 Å². The smallest absolute Gasteiger partial charge is 0.366 e. The molecule has 0 spiro atoms. The van der Waals surface area contributed by atoms with Crippen molar-refractivity contribution in [2.75, 3.05) is 6.61 Å². The molecule has 206 valence electrons. The van der Waals surface area contributed by atoms with Crippen LogP contribution < -0.4 is 5.73 Å². The molecule has 0 saturated heterocycles. The van der Waals surface area contributed by atoms with Crippen LogP contribution in [0.15, 0.2) is 48.5 Å². The highest BCUT2D eigenvalue weighted by Gasteiger charge is 2.28. The molecule has 7 nitrogen and oxygen atoms in total. The maximum atomic E-state index is 13.1. The largest absolute Gasteiger partial charge is 0.469 e. The number of carbonyl (C=O) groups excluding carboxylic acids is 1. The Hall–Kier alpha value is -2.41. The van der Waals surface area contributed by atoms with Gasteiger partial charge in [0.25, 0.3) is 5.91 Å². The first-order valence-corrected chi connectivity index (χ1v) is 15.0. The molecule has 3 rings (SSSR count). The summed E-state index contributed by atoms with van der Waals surface area (Å²) in [6, 6.07) is 15.8. The number of amides is 1. The number of nitrogens with two attached hydrogens (primary N) is 1. The maximum absolute atomic E-state index is 13.1. The number of phosphoric ester groups is 1. The minimum Gasteiger partial charge on any atom is -0.366 e. The molecule has 1 amide bonds. The van der Waals surface area contributed by atoms with E-state index < -0.39 is 13.7 Å². The first-order chi connectivity index (χ1) is 18.0. The van der Waals surface area contributed by atoms with Crippen molar-refractivity contribution in [2.24, 2.45) is 11.7 Å². The fraction of sp³-hybridized carbons (Fsp3) is 0.414. The van der Waals surface area contributed by atoms with E-state index in [2.05, 4.69) is 30.5 Å². The van der Waals surface area contributed by atoms with Crippen molar-refractivity contribution < 1.29 is 23.7 Å². The number of benzene rings is 2. The lowest BCUT2D eigenvalue weighted by atomic mass is 9.92. The van der Waals surface area contributed by atoms with Gasteiger partial charge in [0.15, 0.2) is 0 Å². The van der Waals surface area contributed by atoms with Crippen molar-refractivity contribution in [2.45, 2.75) is 65.8 Å². The number of halogens is 1. The van der Waals surface area contributed by atoms with E-state index in [1.54, 1.807) is 0 Å². The monoisotopic (exact) mass is 560 g/mol. The molecule has 0 saturated carbocycles. The van der Waals surface area contributed by atoms with Crippen molar-refractivity contribution in [1.29, 1.82) is 0 Å². The second-order valence-electron chi connectivity index (χ2n) is 9.88. The molecule has 0 aliphatic heterocycles. The zero-order chi connectivity index (χ0) is 27.9. The number of primary amides is 1. The average molecular weight is 561 g/mol. The molecule has 38 heavy (non-hydrogen) atoms. The molecular formula is C29H38ClN2O5P. The Balaban J connectivity index is 2.18. The van der Waals surface area contributed by atoms with E-state index in [4.69, 9.17) is 31.6 Å². The van der Waals surface area contributed by atoms with Gasteiger partial charge in [0.05, 0.1) is 12.2 Å². The number of hydrogen-bond donors (Lipinski definition) is 3. The van der Waals surface area contributed by atoms with Crippen LogP contribution >= 0.6 is 19.4 Å². The summed E-state index contributed by atoms with van der Waals surface area (Å²) < 4.78 is 18.1. The number of nitrogens with zero attached hydrogens (tertiary/aromatic N) is 1. The van der Waals surface area contributed by atoms with E-state index in [0.29, 0.717) is 42.3 Å². The van der Waals surface area contributed by atoms with E-state index in [1.165, 1.54) is 0 Å². The number of phosphoric acid groups is 1. The summed E-state index contributed by atoms with van der Waals surface area (Å²) >= 11 is 6.52. The van der Waals surface area contributed by atoms with E-state index in [1.807, 2.05) is 43.3 Å². The number of aryl methyl sites for hydroxylation is 2. The summed E-state index contributed by atoms with van der Waals surface area (Å²) in [7, 11) is -4.57. The van der Waals surface area contributed by atoms with E-state index in [-0.39, 0.29) is 6.61 Å². The Bertz CT molecular complexity index is 1290. The fourth-order valence-electron chi connectivity index (χ4n) is 5.03. The third-order valence-corrected chi connectivity index (χ3v) is 7.71. The summed E-state index contributed by atoms with van der Waals surface area (Å²) in [5.41, 5.74) is 12.1. The van der Waals surface area contributed by atoms with Gasteiger partial charge in [0, 0.05) is 28.5 Å². The zero-order valence-corrected chi connectivity index (χ0v) is 24.0. The highest BCUT2D eigenvalue weighted by Crippen LogP contribution is 2.38. The minimum atomic E-state index is -4.57. The molecule has 0 bridgehead atoms. The number of hydrogen-bond acceptors (Lipinski definition) is 3. The summed E-state index contributed by atoms with van der Waals surface area (Å²) in [5.74, 6) is -0.156. The summed E-state index contributed by atoms with van der Waals surface area (Å²) in [6.07, 6.45) is 4.43. The molecule has 1 unspecified atom stereocenters. The van der Waals surface area contributed by atoms with Crippen LogP contribution in [-0.4, -0.2) is 26.9 Å². The Labute approximate surface area is 230 Å². The Morgan fingerprint density at radius 3 is 2.45 bits per heavy atom. The van der Waals surface area contributed by atoms with E-state index >= 15 is 0 Å². The van der Waals surface area contributed by atoms with Gasteiger partial charge in [0.2, 0.25) is 0 Å². The molecule has 4 N–H and O–H groups in total. The first-order valence-electron chi connectivity index (χ1n) is 13.1. The standard InChI is InChI=1S/C29H38ClN2O5P/c1-4-9-20(2)18-26-27(23-14-12-21(3)24(30)19-23)28(29(31)33)25(15-13-22-10-6-5-7-11-22)32(26)16-8-17-37-38(34,35)36/h5-7,10-12,14,19-20H,4,8-9,13,15-18H2,1-3H3,(H2,31,33)(H2,34,35,36). The van der Waals surface area contributed by atoms with Gasteiger partial charge in [-0.3, -0.25) is 9.32 Å². The molecule has 1 aromatic heterocycles. The Morgan fingerprint density at radius 2 is 1.84 bits per heavy atom. The average Bonchev–Trinajstić information content (AvgIpc) is 3.15. The third-order valence-electron chi connectivity index (χ3n) is 6.79. The van der Waals surface area contributed by atoms with Crippen LogP contribution in [0.5, 0.6) is 0 Å². The molecule has 1 heterocycles. The predicted molar refractivity (Wildman–Crippen MR) is 152 cm³/mol. The van der Waals surface area contributed by atoms with Crippen LogP contribution in [0.4, 0.5) is 0 Å². The lowest BCUT2D eigenvalue weighted by molar-refractivity contribution is 0.0999. The van der Waals surface area contributed by atoms with Crippen LogP contribution in [0.1, 0.15) is 66.0 Å². The van der Waals surface area contributed by atoms with Gasteiger partial charge in [0.1, 0.15) is 0 Å². The first kappa shape index (κ1) is 30.1. The molecule has 9 heteroatoms. The van der Waals surface area contributed by atoms with Crippen molar-refractivity contribution >= 4 is 25.3 Å². The molecule has 1 atom stereocenters. The minimum absolute atomic E-state index is 0.109. The highest BCUT2D eigenvalue weighted by atomic mass is 35.5. The van der Waals surface area contributed by atoms with Crippen LogP contribution in [0, 0.1) is 12.8 Å². The van der Waals surface area contributed by atoms with Crippen molar-refractivity contribution in [3.63, 3.8) is 0 Å². The highest BCUT2D eigenvalue weighted by molar-refractivity contribution is 7.46. The van der Waals surface area contributed by atoms with Crippen LogP contribution in [-0.2, 0) is 34.9 Å². The van der Waals surface area contributed by atoms with Crippen molar-refractivity contribution in [3.8, 4) is 11.1 Å². The SMILES string of the molecule is CCCC(C)Cc1c(-c2ccc(C)c(Cl)c2)c(C(N)=O)c(CCc2ccccc2)n1CCCOP(=O)(O)O. The fourth-order valence-corrected chi connectivity index (χ4v) is 5.57. The molecule has 0 radical (unpaired) electrons. The van der Waals surface area contributed by atoms with Gasteiger partial charge in [-0.25, -0.2) is 4.57 Å². The van der Waals surface area contributed by atoms with Gasteiger partial charge >= 0.3 is 7.82 Å². The quantitative estimate of drug-likeness (QED) is 0.154. The van der Waals surface area contributed by atoms with Crippen LogP contribution in [0.2, 0.25) is 5.02 Å². The van der Waals surface area contributed by atoms with Gasteiger partial charge in [-0.05, 0) is 61.3 Å². The van der Waals surface area contributed by atoms with Crippen molar-refractivity contribution in [1.82, 2.24) is 4.57 Å². The van der Waals surface area contributed by atoms with Crippen LogP contribution in [0.25, 0.3) is 11.1 Å². The Kier molecular flexibility index (Phi) is 10.8. The summed E-state index contributed by atoms with van der Waals surface area (Å²) in [4.78, 5) is 31.3. The summed E-state index contributed by atoms with van der Waals surface area (Å²) in [6.45, 7) is 6.59. The molecule has 3 aromatic rings. The normalized spacial score (nSPS) is 12.6. The van der Waals surface area contributed by atoms with Crippen molar-refractivity contribution in [3.05, 3.63) is 81.6 Å². The Morgan fingerprint density at radius 1 is 1.13 bits per heavy atom. The number of rotatable bonds is 14. The zero-order valence-electron chi connectivity index (χ0n) is 22.3. The second kappa shape index (κ2) is 13.6. The second-order valence-corrected chi connectivity index (χ2v) is 11.5. The van der Waals surface area contributed by atoms with E-state index in [0.717, 1.165) is 52.9 Å².